The molecular weight excluding hydrogens is 781 g/mol. The second kappa shape index (κ2) is 50.7. The summed E-state index contributed by atoms with van der Waals surface area (Å²) in [5, 5.41) is 0. The van der Waals surface area contributed by atoms with Crippen LogP contribution < -0.4 is 0 Å². The molecule has 6 nitrogen and oxygen atoms in total. The molecule has 0 aromatic rings. The Morgan fingerprint density at radius 3 is 1.00 bits per heavy atom. The summed E-state index contributed by atoms with van der Waals surface area (Å²) < 4.78 is 16.7. The molecule has 0 rings (SSSR count). The van der Waals surface area contributed by atoms with E-state index in [4.69, 9.17) is 14.2 Å². The lowest BCUT2D eigenvalue weighted by molar-refractivity contribution is -0.167. The molecule has 0 aromatic carbocycles. The van der Waals surface area contributed by atoms with Crippen molar-refractivity contribution in [2.24, 2.45) is 0 Å². The van der Waals surface area contributed by atoms with E-state index in [2.05, 4.69) is 130 Å². The molecule has 0 aliphatic rings. The minimum atomic E-state index is -0.813. The summed E-state index contributed by atoms with van der Waals surface area (Å²) in [5.74, 6) is -0.988. The van der Waals surface area contributed by atoms with Crippen LogP contribution in [0.25, 0.3) is 0 Å². The van der Waals surface area contributed by atoms with Crippen LogP contribution in [0, 0.1) is 0 Å². The summed E-state index contributed by atoms with van der Waals surface area (Å²) in [6.07, 6.45) is 67.9. The maximum Gasteiger partial charge on any atom is 0.306 e. The SMILES string of the molecule is CC/C=C\C/C=C\C/C=C\C/C=C\C/C=C\CCCCCC(=O)OCC(COC(=O)CCCCCCCCCCCCC)OC(=O)CCCC/C=C\C/C=C\C/C=C\C/C=C\CC. The third-order valence-electron chi connectivity index (χ3n) is 10.3. The highest BCUT2D eigenvalue weighted by molar-refractivity contribution is 5.71. The molecule has 0 fully saturated rings. The molecule has 0 saturated carbocycles. The standard InChI is InChI=1S/C57H92O6/c1-4-7-10-13-16-19-22-24-26-27-28-29-31-32-35-38-41-44-47-50-56(59)62-53-54(52-61-55(58)49-46-43-40-37-34-21-18-15-12-9-6-3)63-57(60)51-48-45-42-39-36-33-30-25-23-20-17-14-11-8-5-2/h7-8,10-11,16-17,19-20,24-26,28-30,32,35-36,39,54H,4-6,9,12-15,18,21-23,27,31,33-34,37-38,40-53H2,1-3H3/b10-7-,11-8-,19-16-,20-17-,26-24-,29-28-,30-25-,35-32-,39-36-. The predicted molar refractivity (Wildman–Crippen MR) is 270 cm³/mol. The van der Waals surface area contributed by atoms with Gasteiger partial charge in [0.15, 0.2) is 6.10 Å². The molecule has 0 bridgehead atoms. The first-order valence-corrected chi connectivity index (χ1v) is 25.4. The van der Waals surface area contributed by atoms with Gasteiger partial charge in [0.05, 0.1) is 0 Å². The first kappa shape index (κ1) is 59.1. The van der Waals surface area contributed by atoms with Crippen molar-refractivity contribution < 1.29 is 28.6 Å². The minimum absolute atomic E-state index is 0.106. The summed E-state index contributed by atoms with van der Waals surface area (Å²) in [6, 6.07) is 0. The minimum Gasteiger partial charge on any atom is -0.462 e. The Morgan fingerprint density at radius 1 is 0.333 bits per heavy atom. The van der Waals surface area contributed by atoms with Gasteiger partial charge in [0, 0.05) is 19.3 Å². The Labute approximate surface area is 387 Å². The van der Waals surface area contributed by atoms with Crippen molar-refractivity contribution >= 4 is 17.9 Å². The van der Waals surface area contributed by atoms with Gasteiger partial charge >= 0.3 is 17.9 Å². The van der Waals surface area contributed by atoms with Crippen LogP contribution in [-0.4, -0.2) is 37.2 Å². The van der Waals surface area contributed by atoms with E-state index < -0.39 is 6.10 Å². The molecule has 0 heterocycles. The van der Waals surface area contributed by atoms with Crippen LogP contribution in [0.1, 0.15) is 213 Å². The van der Waals surface area contributed by atoms with Gasteiger partial charge in [0.2, 0.25) is 0 Å². The van der Waals surface area contributed by atoms with E-state index in [1.54, 1.807) is 0 Å². The molecule has 1 atom stereocenters. The van der Waals surface area contributed by atoms with Crippen molar-refractivity contribution in [2.75, 3.05) is 13.2 Å². The fourth-order valence-corrected chi connectivity index (χ4v) is 6.52. The third kappa shape index (κ3) is 49.0. The zero-order chi connectivity index (χ0) is 45.8. The lowest BCUT2D eigenvalue weighted by Crippen LogP contribution is -2.30. The summed E-state index contributed by atoms with van der Waals surface area (Å²) in [6.45, 7) is 6.32. The van der Waals surface area contributed by atoms with E-state index in [1.807, 2.05) is 0 Å². The molecule has 0 spiro atoms. The number of rotatable bonds is 44. The lowest BCUT2D eigenvalue weighted by atomic mass is 10.1. The summed E-state index contributed by atoms with van der Waals surface area (Å²) >= 11 is 0. The number of carbonyl (C=O) groups is 3. The van der Waals surface area contributed by atoms with Gasteiger partial charge in [-0.3, -0.25) is 14.4 Å². The molecule has 356 valence electrons. The average Bonchev–Trinajstić information content (AvgIpc) is 3.28. The summed E-state index contributed by atoms with van der Waals surface area (Å²) in [5.41, 5.74) is 0. The Kier molecular flexibility index (Phi) is 47.5. The van der Waals surface area contributed by atoms with Crippen LogP contribution in [0.2, 0.25) is 0 Å². The Morgan fingerprint density at radius 2 is 0.619 bits per heavy atom. The second-order valence-electron chi connectivity index (χ2n) is 16.3. The number of unbranched alkanes of at least 4 members (excludes halogenated alkanes) is 15. The maximum absolute atomic E-state index is 12.8. The van der Waals surface area contributed by atoms with E-state index in [-0.39, 0.29) is 37.5 Å². The second-order valence-corrected chi connectivity index (χ2v) is 16.3. The van der Waals surface area contributed by atoms with Crippen molar-refractivity contribution in [1.29, 1.82) is 0 Å². The van der Waals surface area contributed by atoms with Crippen molar-refractivity contribution in [2.45, 2.75) is 219 Å². The molecule has 0 radical (unpaired) electrons. The van der Waals surface area contributed by atoms with Crippen LogP contribution in [-0.2, 0) is 28.6 Å². The van der Waals surface area contributed by atoms with Gasteiger partial charge in [0.1, 0.15) is 13.2 Å². The molecule has 0 saturated heterocycles. The highest BCUT2D eigenvalue weighted by atomic mass is 16.6. The van der Waals surface area contributed by atoms with E-state index >= 15 is 0 Å². The Hall–Kier alpha value is -3.93. The van der Waals surface area contributed by atoms with Crippen molar-refractivity contribution in [1.82, 2.24) is 0 Å². The molecule has 6 heteroatoms. The monoisotopic (exact) mass is 873 g/mol. The molecule has 0 N–H and O–H groups in total. The Balaban J connectivity index is 4.51. The number of carbonyl (C=O) groups excluding carboxylic acids is 3. The highest BCUT2D eigenvalue weighted by Crippen LogP contribution is 2.13. The first-order chi connectivity index (χ1) is 31.0. The topological polar surface area (TPSA) is 78.9 Å². The van der Waals surface area contributed by atoms with Gasteiger partial charge in [-0.15, -0.1) is 0 Å². The van der Waals surface area contributed by atoms with E-state index in [0.29, 0.717) is 19.3 Å². The number of esters is 3. The van der Waals surface area contributed by atoms with Gasteiger partial charge in [-0.2, -0.15) is 0 Å². The van der Waals surface area contributed by atoms with E-state index in [0.717, 1.165) is 116 Å². The summed E-state index contributed by atoms with van der Waals surface area (Å²) in [4.78, 5) is 37.9. The zero-order valence-electron chi connectivity index (χ0n) is 40.5. The van der Waals surface area contributed by atoms with Crippen LogP contribution in [0.15, 0.2) is 109 Å². The molecule has 0 aliphatic carbocycles. The van der Waals surface area contributed by atoms with Gasteiger partial charge in [-0.05, 0) is 103 Å². The third-order valence-corrected chi connectivity index (χ3v) is 10.3. The largest absolute Gasteiger partial charge is 0.462 e. The van der Waals surface area contributed by atoms with Gasteiger partial charge in [-0.25, -0.2) is 0 Å². The van der Waals surface area contributed by atoms with Crippen LogP contribution in [0.4, 0.5) is 0 Å². The van der Waals surface area contributed by atoms with Gasteiger partial charge in [0.25, 0.3) is 0 Å². The molecule has 0 aromatic heterocycles. The molecule has 1 unspecified atom stereocenters. The average molecular weight is 873 g/mol. The van der Waals surface area contributed by atoms with Crippen LogP contribution in [0.5, 0.6) is 0 Å². The zero-order valence-corrected chi connectivity index (χ0v) is 40.5. The highest BCUT2D eigenvalue weighted by Gasteiger charge is 2.19. The number of hydrogen-bond acceptors (Lipinski definition) is 6. The fourth-order valence-electron chi connectivity index (χ4n) is 6.52. The normalized spacial score (nSPS) is 13.0. The van der Waals surface area contributed by atoms with E-state index in [9.17, 15) is 14.4 Å². The predicted octanol–water partition coefficient (Wildman–Crippen LogP) is 16.8. The van der Waals surface area contributed by atoms with Gasteiger partial charge < -0.3 is 14.2 Å². The van der Waals surface area contributed by atoms with Crippen molar-refractivity contribution in [3.8, 4) is 0 Å². The van der Waals surface area contributed by atoms with Crippen molar-refractivity contribution in [3.63, 3.8) is 0 Å². The molecular formula is C57H92O6. The molecule has 63 heavy (non-hydrogen) atoms. The maximum atomic E-state index is 12.8. The molecule has 0 aliphatic heterocycles. The number of hydrogen-bond donors (Lipinski definition) is 0. The van der Waals surface area contributed by atoms with E-state index in [1.165, 1.54) is 51.4 Å². The lowest BCUT2D eigenvalue weighted by Gasteiger charge is -2.18. The fraction of sp³-hybridized carbons (Fsp3) is 0.632. The summed E-state index contributed by atoms with van der Waals surface area (Å²) in [7, 11) is 0. The van der Waals surface area contributed by atoms with Gasteiger partial charge in [-0.1, -0.05) is 201 Å². The van der Waals surface area contributed by atoms with Crippen LogP contribution >= 0.6 is 0 Å². The van der Waals surface area contributed by atoms with Crippen LogP contribution in [0.3, 0.4) is 0 Å². The first-order valence-electron chi connectivity index (χ1n) is 25.4. The smallest absolute Gasteiger partial charge is 0.306 e. The molecule has 0 amide bonds. The number of ether oxygens (including phenoxy) is 3. The van der Waals surface area contributed by atoms with Crippen molar-refractivity contribution in [3.05, 3.63) is 109 Å². The Bertz CT molecular complexity index is 1330. The quantitative estimate of drug-likeness (QED) is 0.0263. The number of allylic oxidation sites excluding steroid dienone is 18.